The zero-order chi connectivity index (χ0) is 11.5. The van der Waals surface area contributed by atoms with E-state index in [1.807, 2.05) is 0 Å². The highest BCUT2D eigenvalue weighted by molar-refractivity contribution is 5.46. The van der Waals surface area contributed by atoms with Crippen molar-refractivity contribution in [3.8, 4) is 17.2 Å². The molecule has 0 aliphatic heterocycles. The Morgan fingerprint density at radius 3 is 2.50 bits per heavy atom. The lowest BCUT2D eigenvalue weighted by atomic mass is 10.3. The lowest BCUT2D eigenvalue weighted by molar-refractivity contribution is 0.396. The first-order valence-electron chi connectivity index (χ1n) is 4.67. The molecule has 0 atom stereocenters. The van der Waals surface area contributed by atoms with Gasteiger partial charge in [0.05, 0.1) is 0 Å². The smallest absolute Gasteiger partial charge is 0.169 e. The van der Waals surface area contributed by atoms with Gasteiger partial charge in [-0.15, -0.1) is 0 Å². The summed E-state index contributed by atoms with van der Waals surface area (Å²) in [6.45, 7) is 0. The minimum atomic E-state index is -0.566. The van der Waals surface area contributed by atoms with E-state index in [1.54, 1.807) is 18.2 Å². The van der Waals surface area contributed by atoms with Crippen molar-refractivity contribution < 1.29 is 14.2 Å². The summed E-state index contributed by atoms with van der Waals surface area (Å²) in [7, 11) is 0. The van der Waals surface area contributed by atoms with Crippen LogP contribution < -0.4 is 10.5 Å². The van der Waals surface area contributed by atoms with Crippen LogP contribution in [-0.2, 0) is 0 Å². The average Bonchev–Trinajstić information content (AvgIpc) is 2.25. The fourth-order valence-electron chi connectivity index (χ4n) is 1.26. The molecule has 82 valence electrons. The summed E-state index contributed by atoms with van der Waals surface area (Å²) in [5.41, 5.74) is 5.73. The standard InChI is InChI=1S/C12H10FNO2/c13-9-7-8(14)5-6-11(9)16-12-4-2-1-3-10(12)15/h1-7,15H,14H2. The maximum atomic E-state index is 13.4. The third-order valence-corrected chi connectivity index (χ3v) is 2.04. The molecule has 0 spiro atoms. The van der Waals surface area contributed by atoms with Gasteiger partial charge in [0.1, 0.15) is 0 Å². The van der Waals surface area contributed by atoms with E-state index in [0.717, 1.165) is 6.07 Å². The number of nitrogens with two attached hydrogens (primary N) is 1. The van der Waals surface area contributed by atoms with Crippen LogP contribution in [0.1, 0.15) is 0 Å². The zero-order valence-electron chi connectivity index (χ0n) is 8.35. The predicted octanol–water partition coefficient (Wildman–Crippen LogP) is 2.91. The molecule has 0 saturated heterocycles. The molecule has 0 aliphatic carbocycles. The first-order valence-corrected chi connectivity index (χ1v) is 4.67. The Labute approximate surface area is 91.9 Å². The molecular formula is C12H10FNO2. The van der Waals surface area contributed by atoms with Crippen LogP contribution in [0.5, 0.6) is 17.2 Å². The minimum absolute atomic E-state index is 0.0238. The number of nitrogen functional groups attached to an aromatic ring is 1. The van der Waals surface area contributed by atoms with Crippen molar-refractivity contribution in [1.82, 2.24) is 0 Å². The van der Waals surface area contributed by atoms with Crippen LogP contribution in [-0.4, -0.2) is 5.11 Å². The summed E-state index contributed by atoms with van der Waals surface area (Å²) >= 11 is 0. The number of halogens is 1. The summed E-state index contributed by atoms with van der Waals surface area (Å²) in [5, 5.41) is 9.45. The van der Waals surface area contributed by atoms with Crippen molar-refractivity contribution in [3.05, 3.63) is 48.3 Å². The van der Waals surface area contributed by atoms with E-state index >= 15 is 0 Å². The second-order valence-electron chi connectivity index (χ2n) is 3.26. The van der Waals surface area contributed by atoms with Crippen molar-refractivity contribution in [1.29, 1.82) is 0 Å². The maximum absolute atomic E-state index is 13.4. The van der Waals surface area contributed by atoms with Crippen LogP contribution in [0.15, 0.2) is 42.5 Å². The zero-order valence-corrected chi connectivity index (χ0v) is 8.35. The molecule has 0 amide bonds. The number of phenolic OH excluding ortho intramolecular Hbond substituents is 1. The molecule has 2 rings (SSSR count). The largest absolute Gasteiger partial charge is 0.504 e. The Balaban J connectivity index is 2.31. The molecule has 2 aromatic carbocycles. The lowest BCUT2D eigenvalue weighted by Gasteiger charge is -2.08. The highest BCUT2D eigenvalue weighted by Gasteiger charge is 2.07. The van der Waals surface area contributed by atoms with Gasteiger partial charge in [0, 0.05) is 11.8 Å². The van der Waals surface area contributed by atoms with Gasteiger partial charge in [0.2, 0.25) is 0 Å². The first kappa shape index (κ1) is 10.3. The Morgan fingerprint density at radius 1 is 1.06 bits per heavy atom. The third-order valence-electron chi connectivity index (χ3n) is 2.04. The molecule has 0 bridgehead atoms. The van der Waals surface area contributed by atoms with E-state index in [2.05, 4.69) is 0 Å². The number of hydrogen-bond donors (Lipinski definition) is 2. The molecule has 0 radical (unpaired) electrons. The molecule has 0 aliphatic rings. The van der Waals surface area contributed by atoms with Crippen LogP contribution in [0.3, 0.4) is 0 Å². The quantitative estimate of drug-likeness (QED) is 0.763. The third kappa shape index (κ3) is 2.06. The van der Waals surface area contributed by atoms with Gasteiger partial charge in [0.15, 0.2) is 23.1 Å². The van der Waals surface area contributed by atoms with Crippen LogP contribution in [0.4, 0.5) is 10.1 Å². The molecule has 0 fully saturated rings. The summed E-state index contributed by atoms with van der Waals surface area (Å²) in [5.74, 6) is -0.385. The number of para-hydroxylation sites is 2. The van der Waals surface area contributed by atoms with Crippen LogP contribution >= 0.6 is 0 Å². The van der Waals surface area contributed by atoms with E-state index in [1.165, 1.54) is 18.2 Å². The molecule has 0 aromatic heterocycles. The Morgan fingerprint density at radius 2 is 1.81 bits per heavy atom. The molecule has 3 N–H and O–H groups in total. The number of hydrogen-bond acceptors (Lipinski definition) is 3. The highest BCUT2D eigenvalue weighted by Crippen LogP contribution is 2.31. The van der Waals surface area contributed by atoms with Gasteiger partial charge in [0.25, 0.3) is 0 Å². The molecule has 2 aromatic rings. The second-order valence-corrected chi connectivity index (χ2v) is 3.26. The van der Waals surface area contributed by atoms with Crippen molar-refractivity contribution in [2.45, 2.75) is 0 Å². The van der Waals surface area contributed by atoms with Crippen LogP contribution in [0.2, 0.25) is 0 Å². The SMILES string of the molecule is Nc1ccc(Oc2ccccc2O)c(F)c1. The van der Waals surface area contributed by atoms with Gasteiger partial charge in [-0.2, -0.15) is 0 Å². The Bertz CT molecular complexity index is 514. The maximum Gasteiger partial charge on any atom is 0.169 e. The Hall–Kier alpha value is -2.23. The second kappa shape index (κ2) is 4.10. The van der Waals surface area contributed by atoms with E-state index < -0.39 is 5.82 Å². The topological polar surface area (TPSA) is 55.5 Å². The Kier molecular flexibility index (Phi) is 2.64. The van der Waals surface area contributed by atoms with E-state index in [4.69, 9.17) is 10.5 Å². The van der Waals surface area contributed by atoms with Gasteiger partial charge in [-0.25, -0.2) is 4.39 Å². The minimum Gasteiger partial charge on any atom is -0.504 e. The van der Waals surface area contributed by atoms with Gasteiger partial charge < -0.3 is 15.6 Å². The van der Waals surface area contributed by atoms with Crippen molar-refractivity contribution >= 4 is 5.69 Å². The van der Waals surface area contributed by atoms with Crippen molar-refractivity contribution in [2.24, 2.45) is 0 Å². The van der Waals surface area contributed by atoms with Crippen molar-refractivity contribution in [3.63, 3.8) is 0 Å². The first-order chi connectivity index (χ1) is 7.66. The van der Waals surface area contributed by atoms with Gasteiger partial charge in [-0.05, 0) is 24.3 Å². The number of rotatable bonds is 2. The van der Waals surface area contributed by atoms with E-state index in [0.29, 0.717) is 5.69 Å². The van der Waals surface area contributed by atoms with E-state index in [-0.39, 0.29) is 17.2 Å². The van der Waals surface area contributed by atoms with Crippen LogP contribution in [0.25, 0.3) is 0 Å². The van der Waals surface area contributed by atoms with Gasteiger partial charge in [-0.3, -0.25) is 0 Å². The number of ether oxygens (including phenoxy) is 1. The van der Waals surface area contributed by atoms with E-state index in [9.17, 15) is 9.50 Å². The lowest BCUT2D eigenvalue weighted by Crippen LogP contribution is -1.91. The molecule has 3 nitrogen and oxygen atoms in total. The molecule has 0 heterocycles. The summed E-state index contributed by atoms with van der Waals surface area (Å²) in [6.07, 6.45) is 0. The summed E-state index contributed by atoms with van der Waals surface area (Å²) in [4.78, 5) is 0. The monoisotopic (exact) mass is 219 g/mol. The number of phenols is 1. The summed E-state index contributed by atoms with van der Waals surface area (Å²) < 4.78 is 18.6. The molecule has 0 unspecified atom stereocenters. The predicted molar refractivity (Wildman–Crippen MR) is 59.0 cm³/mol. The van der Waals surface area contributed by atoms with Gasteiger partial charge >= 0.3 is 0 Å². The van der Waals surface area contributed by atoms with Gasteiger partial charge in [-0.1, -0.05) is 12.1 Å². The fraction of sp³-hybridized carbons (Fsp3) is 0. The average molecular weight is 219 g/mol. The molecular weight excluding hydrogens is 209 g/mol. The van der Waals surface area contributed by atoms with Crippen LogP contribution in [0, 0.1) is 5.82 Å². The van der Waals surface area contributed by atoms with Crippen molar-refractivity contribution in [2.75, 3.05) is 5.73 Å². The molecule has 4 heteroatoms. The number of aromatic hydroxyl groups is 1. The summed E-state index contributed by atoms with van der Waals surface area (Å²) in [6, 6.07) is 10.5. The number of benzene rings is 2. The molecule has 0 saturated carbocycles. The highest BCUT2D eigenvalue weighted by atomic mass is 19.1. The fourth-order valence-corrected chi connectivity index (χ4v) is 1.26. The molecule has 16 heavy (non-hydrogen) atoms. The number of anilines is 1. The normalized spacial score (nSPS) is 10.1.